The Balaban J connectivity index is 0.00000264. The summed E-state index contributed by atoms with van der Waals surface area (Å²) >= 11 is 0. The van der Waals surface area contributed by atoms with Gasteiger partial charge < -0.3 is 14.4 Å². The van der Waals surface area contributed by atoms with E-state index < -0.39 is 0 Å². The van der Waals surface area contributed by atoms with Gasteiger partial charge in [-0.3, -0.25) is 0 Å². The molecular weight excluding hydrogens is 363 g/mol. The summed E-state index contributed by atoms with van der Waals surface area (Å²) in [5.74, 6) is 3.46. The summed E-state index contributed by atoms with van der Waals surface area (Å²) in [6, 6.07) is 7.90. The van der Waals surface area contributed by atoms with Crippen LogP contribution in [0, 0.1) is 18.4 Å². The first-order chi connectivity index (χ1) is 10.7. The molecule has 0 bridgehead atoms. The second-order valence-corrected chi connectivity index (χ2v) is 4.75. The van der Waals surface area contributed by atoms with E-state index in [1.54, 1.807) is 7.11 Å². The Bertz CT molecular complexity index is 638. The third-order valence-corrected chi connectivity index (χ3v) is 3.42. The van der Waals surface area contributed by atoms with Crippen LogP contribution in [0.2, 0.25) is 0 Å². The summed E-state index contributed by atoms with van der Waals surface area (Å²) in [7, 11) is 1.65. The molecule has 0 amide bonds. The molecule has 0 aromatic heterocycles. The van der Waals surface area contributed by atoms with Crippen molar-refractivity contribution in [3.63, 3.8) is 0 Å². The van der Waals surface area contributed by atoms with Crippen molar-refractivity contribution in [3.8, 4) is 18.1 Å². The standard InChI is InChI=1S/C19H20NO2.Y/c1-5-16-9-12-19(20(6-2)15(16)3)17-7-10-18(11-8-17)22-14-13-21-4;/h1,7-11H,3,6,13-14H2,2,4H3;/q-1;. The van der Waals surface area contributed by atoms with Gasteiger partial charge in [-0.1, -0.05) is 23.4 Å². The number of likely N-dealkylation sites (N-methyl/N-ethyl adjacent to an activating group) is 1. The predicted octanol–water partition coefficient (Wildman–Crippen LogP) is 3.26. The molecule has 1 aromatic rings. The van der Waals surface area contributed by atoms with Crippen LogP contribution in [-0.2, 0) is 37.4 Å². The molecule has 0 unspecified atom stereocenters. The third-order valence-electron chi connectivity index (χ3n) is 3.42. The van der Waals surface area contributed by atoms with Gasteiger partial charge in [0.25, 0.3) is 0 Å². The Morgan fingerprint density at radius 3 is 2.52 bits per heavy atom. The van der Waals surface area contributed by atoms with Crippen LogP contribution in [0.4, 0.5) is 0 Å². The van der Waals surface area contributed by atoms with Gasteiger partial charge in [-0.25, -0.2) is 0 Å². The van der Waals surface area contributed by atoms with Gasteiger partial charge in [-0.15, -0.1) is 24.5 Å². The minimum Gasteiger partial charge on any atom is -0.491 e. The van der Waals surface area contributed by atoms with Gasteiger partial charge in [0.2, 0.25) is 0 Å². The van der Waals surface area contributed by atoms with Gasteiger partial charge in [0, 0.05) is 46.4 Å². The molecule has 3 nitrogen and oxygen atoms in total. The normalized spacial score (nSPS) is 13.6. The summed E-state index contributed by atoms with van der Waals surface area (Å²) in [6.45, 7) is 8.04. The maximum atomic E-state index is 5.57. The van der Waals surface area contributed by atoms with Crippen LogP contribution < -0.4 is 4.74 Å². The molecule has 1 heterocycles. The van der Waals surface area contributed by atoms with Crippen LogP contribution in [-0.4, -0.2) is 31.8 Å². The fraction of sp³-hybridized carbons (Fsp3) is 0.263. The number of rotatable bonds is 6. The average Bonchev–Trinajstić information content (AvgIpc) is 2.55. The van der Waals surface area contributed by atoms with Crippen molar-refractivity contribution in [2.24, 2.45) is 0 Å². The summed E-state index contributed by atoms with van der Waals surface area (Å²) in [5.41, 5.74) is 3.62. The second kappa shape index (κ2) is 9.72. The van der Waals surface area contributed by atoms with Crippen molar-refractivity contribution in [1.29, 1.82) is 0 Å². The van der Waals surface area contributed by atoms with Crippen LogP contribution in [0.1, 0.15) is 12.5 Å². The molecule has 23 heavy (non-hydrogen) atoms. The molecule has 0 saturated heterocycles. The maximum Gasteiger partial charge on any atom is 0.117 e. The molecule has 1 aromatic carbocycles. The Morgan fingerprint density at radius 1 is 1.26 bits per heavy atom. The van der Waals surface area contributed by atoms with Gasteiger partial charge in [-0.05, 0) is 24.8 Å². The van der Waals surface area contributed by atoms with Gasteiger partial charge in [0.15, 0.2) is 0 Å². The average molecular weight is 383 g/mol. The van der Waals surface area contributed by atoms with Crippen LogP contribution in [0.15, 0.2) is 48.2 Å². The first-order valence-electron chi connectivity index (χ1n) is 7.20. The molecule has 0 spiro atoms. The number of benzene rings is 1. The molecule has 0 atom stereocenters. The van der Waals surface area contributed by atoms with Crippen molar-refractivity contribution < 1.29 is 42.2 Å². The second-order valence-electron chi connectivity index (χ2n) is 4.75. The Morgan fingerprint density at radius 2 is 1.96 bits per heavy atom. The molecule has 1 aliphatic rings. The van der Waals surface area contributed by atoms with E-state index in [9.17, 15) is 0 Å². The zero-order chi connectivity index (χ0) is 15.9. The molecule has 0 aliphatic carbocycles. The molecule has 1 aliphatic heterocycles. The fourth-order valence-electron chi connectivity index (χ4n) is 2.25. The number of allylic oxidation sites excluding steroid dienone is 3. The largest absolute Gasteiger partial charge is 0.491 e. The smallest absolute Gasteiger partial charge is 0.117 e. The first kappa shape index (κ1) is 19.7. The molecule has 0 N–H and O–H groups in total. The van der Waals surface area contributed by atoms with Crippen molar-refractivity contribution in [3.05, 3.63) is 59.8 Å². The van der Waals surface area contributed by atoms with Crippen molar-refractivity contribution in [1.82, 2.24) is 4.90 Å². The predicted molar refractivity (Wildman–Crippen MR) is 88.9 cm³/mol. The minimum absolute atomic E-state index is 0. The monoisotopic (exact) mass is 383 g/mol. The Hall–Kier alpha value is -1.34. The summed E-state index contributed by atoms with van der Waals surface area (Å²) in [4.78, 5) is 2.07. The molecule has 117 valence electrons. The van der Waals surface area contributed by atoms with E-state index in [0.717, 1.165) is 34.8 Å². The van der Waals surface area contributed by atoms with Gasteiger partial charge in [-0.2, -0.15) is 12.2 Å². The van der Waals surface area contributed by atoms with Crippen molar-refractivity contribution in [2.75, 3.05) is 26.9 Å². The topological polar surface area (TPSA) is 21.7 Å². The number of hydrogen-bond donors (Lipinski definition) is 0. The quantitative estimate of drug-likeness (QED) is 0.428. The van der Waals surface area contributed by atoms with Crippen molar-refractivity contribution in [2.45, 2.75) is 6.92 Å². The van der Waals surface area contributed by atoms with Crippen LogP contribution >= 0.6 is 0 Å². The van der Waals surface area contributed by atoms with Crippen LogP contribution in [0.5, 0.6) is 5.75 Å². The Labute approximate surface area is 163 Å². The molecule has 1 radical (unpaired) electrons. The Kier molecular flexibility index (Phi) is 8.33. The number of ether oxygens (including phenoxy) is 2. The molecular formula is C19H20NO2Y-. The van der Waals surface area contributed by atoms with E-state index in [1.165, 1.54) is 0 Å². The number of nitrogens with zero attached hydrogens (tertiary/aromatic N) is 1. The third kappa shape index (κ3) is 4.82. The summed E-state index contributed by atoms with van der Waals surface area (Å²) in [6.07, 6.45) is 10.6. The number of terminal acetylenes is 1. The van der Waals surface area contributed by atoms with Crippen LogP contribution in [0.25, 0.3) is 5.70 Å². The maximum absolute atomic E-state index is 5.57. The van der Waals surface area contributed by atoms with Gasteiger partial charge >= 0.3 is 0 Å². The van der Waals surface area contributed by atoms with Gasteiger partial charge in [0.05, 0.1) is 6.61 Å². The minimum atomic E-state index is 0. The van der Waals surface area contributed by atoms with Gasteiger partial charge in [0.1, 0.15) is 12.4 Å². The molecule has 0 saturated carbocycles. The van der Waals surface area contributed by atoms with E-state index in [1.807, 2.05) is 30.3 Å². The molecule has 4 heteroatoms. The van der Waals surface area contributed by atoms with E-state index in [-0.39, 0.29) is 32.7 Å². The van der Waals surface area contributed by atoms with Crippen LogP contribution in [0.3, 0.4) is 0 Å². The molecule has 2 rings (SSSR count). The summed E-state index contributed by atoms with van der Waals surface area (Å²) < 4.78 is 10.5. The SMILES string of the molecule is C#CC1=C[C-]=C(c2ccc(OCCOC)cc2)N(CC)C1=C.[Y]. The fourth-order valence-corrected chi connectivity index (χ4v) is 2.25. The van der Waals surface area contributed by atoms with E-state index in [4.69, 9.17) is 15.9 Å². The van der Waals surface area contributed by atoms with E-state index in [2.05, 4.69) is 30.4 Å². The number of methoxy groups -OCH3 is 1. The zero-order valence-corrected chi connectivity index (χ0v) is 16.5. The molecule has 0 fully saturated rings. The van der Waals surface area contributed by atoms with E-state index >= 15 is 0 Å². The van der Waals surface area contributed by atoms with Crippen molar-refractivity contribution >= 4 is 5.70 Å². The first-order valence-corrected chi connectivity index (χ1v) is 7.20. The summed E-state index contributed by atoms with van der Waals surface area (Å²) in [5, 5.41) is 0. The zero-order valence-electron chi connectivity index (χ0n) is 13.6. The number of hydrogen-bond acceptors (Lipinski definition) is 3. The van der Waals surface area contributed by atoms with E-state index in [0.29, 0.717) is 13.2 Å².